The van der Waals surface area contributed by atoms with Gasteiger partial charge >= 0.3 is 0 Å². The van der Waals surface area contributed by atoms with E-state index in [1.807, 2.05) is 38.1 Å². The van der Waals surface area contributed by atoms with Crippen LogP contribution in [0.15, 0.2) is 48.8 Å². The van der Waals surface area contributed by atoms with E-state index < -0.39 is 0 Å². The predicted octanol–water partition coefficient (Wildman–Crippen LogP) is 3.51. The molecule has 4 rings (SSSR count). The largest absolute Gasteiger partial charge is 0.350 e. The average molecular weight is 392 g/mol. The first-order valence-electron chi connectivity index (χ1n) is 9.15. The van der Waals surface area contributed by atoms with Gasteiger partial charge in [-0.25, -0.2) is 14.1 Å². The fraction of sp³-hybridized carbons (Fsp3) is 0.190. The van der Waals surface area contributed by atoms with E-state index in [0.717, 1.165) is 11.3 Å². The van der Waals surface area contributed by atoms with Crippen LogP contribution >= 0.6 is 0 Å². The van der Waals surface area contributed by atoms with Crippen LogP contribution in [0.2, 0.25) is 0 Å². The maximum Gasteiger partial charge on any atom is 0.272 e. The number of hydrogen-bond acceptors (Lipinski definition) is 4. The lowest BCUT2D eigenvalue weighted by atomic mass is 10.1. The van der Waals surface area contributed by atoms with Crippen molar-refractivity contribution in [1.82, 2.24) is 24.6 Å². The number of carbonyl (C=O) groups excluding carboxylic acids is 1. The van der Waals surface area contributed by atoms with Crippen LogP contribution in [0, 0.1) is 12.7 Å². The molecule has 2 aromatic carbocycles. The number of anilines is 1. The number of nitrogens with one attached hydrogen (secondary N) is 2. The molecule has 148 valence electrons. The molecule has 0 aliphatic carbocycles. The summed E-state index contributed by atoms with van der Waals surface area (Å²) < 4.78 is 15.7. The SMILES string of the molecule is Cc1ccc(F)c2cc(C(=O)Nc3cccc(-n4cnc(CN(C)C)n4)c3)[nH]c12. The van der Waals surface area contributed by atoms with Crippen LogP contribution in [-0.4, -0.2) is 44.7 Å². The second-order valence-corrected chi connectivity index (χ2v) is 7.18. The molecular weight excluding hydrogens is 371 g/mol. The lowest BCUT2D eigenvalue weighted by Crippen LogP contribution is -2.13. The van der Waals surface area contributed by atoms with Crippen molar-refractivity contribution in [1.29, 1.82) is 0 Å². The van der Waals surface area contributed by atoms with Crippen molar-refractivity contribution in [3.8, 4) is 5.69 Å². The minimum Gasteiger partial charge on any atom is -0.350 e. The van der Waals surface area contributed by atoms with Gasteiger partial charge in [-0.3, -0.25) is 4.79 Å². The van der Waals surface area contributed by atoms with E-state index in [-0.39, 0.29) is 11.7 Å². The molecule has 2 aromatic heterocycles. The first-order valence-corrected chi connectivity index (χ1v) is 9.15. The predicted molar refractivity (Wildman–Crippen MR) is 110 cm³/mol. The van der Waals surface area contributed by atoms with Gasteiger partial charge < -0.3 is 15.2 Å². The third-order valence-electron chi connectivity index (χ3n) is 4.56. The Balaban J connectivity index is 1.56. The van der Waals surface area contributed by atoms with Gasteiger partial charge in [0.05, 0.1) is 17.7 Å². The highest BCUT2D eigenvalue weighted by Crippen LogP contribution is 2.23. The Labute approximate surface area is 167 Å². The first kappa shape index (κ1) is 18.8. The molecule has 0 atom stereocenters. The van der Waals surface area contributed by atoms with Gasteiger partial charge in [0.25, 0.3) is 5.91 Å². The second kappa shape index (κ2) is 7.48. The summed E-state index contributed by atoms with van der Waals surface area (Å²) in [5.74, 6) is 0.00607. The average Bonchev–Trinajstić information content (AvgIpc) is 3.33. The molecule has 0 saturated heterocycles. The molecule has 0 bridgehead atoms. The fourth-order valence-corrected chi connectivity index (χ4v) is 3.15. The van der Waals surface area contributed by atoms with Gasteiger partial charge in [-0.05, 0) is 56.9 Å². The summed E-state index contributed by atoms with van der Waals surface area (Å²) in [6.07, 6.45) is 1.64. The third kappa shape index (κ3) is 3.88. The van der Waals surface area contributed by atoms with Gasteiger partial charge in [-0.1, -0.05) is 12.1 Å². The molecule has 0 spiro atoms. The molecule has 0 aliphatic rings. The number of amides is 1. The number of aryl methyl sites for hydroxylation is 1. The van der Waals surface area contributed by atoms with E-state index in [9.17, 15) is 9.18 Å². The molecule has 0 saturated carbocycles. The topological polar surface area (TPSA) is 78.8 Å². The van der Waals surface area contributed by atoms with Crippen molar-refractivity contribution < 1.29 is 9.18 Å². The molecule has 7 nitrogen and oxygen atoms in total. The quantitative estimate of drug-likeness (QED) is 0.545. The number of hydrogen-bond donors (Lipinski definition) is 2. The van der Waals surface area contributed by atoms with Gasteiger partial charge in [0.1, 0.15) is 17.8 Å². The highest BCUT2D eigenvalue weighted by atomic mass is 19.1. The fourth-order valence-electron chi connectivity index (χ4n) is 3.15. The summed E-state index contributed by atoms with van der Waals surface area (Å²) in [5.41, 5.74) is 3.18. The molecule has 0 radical (unpaired) electrons. The van der Waals surface area contributed by atoms with Crippen LogP contribution in [0.25, 0.3) is 16.6 Å². The van der Waals surface area contributed by atoms with Crippen LogP contribution in [0.3, 0.4) is 0 Å². The van der Waals surface area contributed by atoms with E-state index in [0.29, 0.717) is 34.7 Å². The van der Waals surface area contributed by atoms with Crippen molar-refractivity contribution >= 4 is 22.5 Å². The molecule has 2 heterocycles. The number of rotatable bonds is 5. The molecule has 0 unspecified atom stereocenters. The number of aromatic nitrogens is 4. The van der Waals surface area contributed by atoms with Crippen LogP contribution in [-0.2, 0) is 6.54 Å². The van der Waals surface area contributed by atoms with E-state index in [1.165, 1.54) is 12.1 Å². The number of halogens is 1. The highest BCUT2D eigenvalue weighted by Gasteiger charge is 2.14. The molecule has 29 heavy (non-hydrogen) atoms. The summed E-state index contributed by atoms with van der Waals surface area (Å²) in [6.45, 7) is 2.51. The Morgan fingerprint density at radius 1 is 1.24 bits per heavy atom. The summed E-state index contributed by atoms with van der Waals surface area (Å²) in [5, 5.41) is 7.70. The zero-order valence-electron chi connectivity index (χ0n) is 16.4. The number of fused-ring (bicyclic) bond motifs is 1. The summed E-state index contributed by atoms with van der Waals surface area (Å²) in [6, 6.07) is 11.9. The molecule has 1 amide bonds. The maximum atomic E-state index is 14.0. The van der Waals surface area contributed by atoms with Crippen molar-refractivity contribution in [2.75, 3.05) is 19.4 Å². The smallest absolute Gasteiger partial charge is 0.272 e. The maximum absolute atomic E-state index is 14.0. The Hall–Kier alpha value is -3.52. The van der Waals surface area contributed by atoms with E-state index in [1.54, 1.807) is 29.2 Å². The minimum atomic E-state index is -0.359. The number of carbonyl (C=O) groups is 1. The monoisotopic (exact) mass is 392 g/mol. The highest BCUT2D eigenvalue weighted by molar-refractivity contribution is 6.06. The van der Waals surface area contributed by atoms with Gasteiger partial charge in [0.15, 0.2) is 5.82 Å². The zero-order chi connectivity index (χ0) is 20.5. The third-order valence-corrected chi connectivity index (χ3v) is 4.56. The standard InChI is InChI=1S/C21H21FN6O/c1-13-7-8-17(22)16-10-18(25-20(13)16)21(29)24-14-5-4-6-15(9-14)28-12-23-19(26-28)11-27(2)3/h4-10,12,25H,11H2,1-3H3,(H,24,29). The lowest BCUT2D eigenvalue weighted by Gasteiger charge is -2.07. The number of aromatic amines is 1. The van der Waals surface area contributed by atoms with Crippen LogP contribution in [0.4, 0.5) is 10.1 Å². The normalized spacial score (nSPS) is 11.3. The molecule has 4 aromatic rings. The second-order valence-electron chi connectivity index (χ2n) is 7.18. The summed E-state index contributed by atoms with van der Waals surface area (Å²) in [7, 11) is 3.91. The van der Waals surface area contributed by atoms with Crippen molar-refractivity contribution in [3.63, 3.8) is 0 Å². The van der Waals surface area contributed by atoms with Crippen molar-refractivity contribution in [2.24, 2.45) is 0 Å². The molecular formula is C21H21FN6O. The first-order chi connectivity index (χ1) is 13.9. The van der Waals surface area contributed by atoms with Crippen LogP contribution < -0.4 is 5.32 Å². The van der Waals surface area contributed by atoms with Gasteiger partial charge in [-0.15, -0.1) is 5.10 Å². The Morgan fingerprint density at radius 2 is 2.07 bits per heavy atom. The Kier molecular flexibility index (Phi) is 4.85. The molecule has 0 aliphatic heterocycles. The summed E-state index contributed by atoms with van der Waals surface area (Å²) in [4.78, 5) is 22.0. The molecule has 2 N–H and O–H groups in total. The molecule has 0 fully saturated rings. The van der Waals surface area contributed by atoms with E-state index in [2.05, 4.69) is 20.4 Å². The van der Waals surface area contributed by atoms with Gasteiger partial charge in [-0.2, -0.15) is 0 Å². The minimum absolute atomic E-state index is 0.299. The Morgan fingerprint density at radius 3 is 2.83 bits per heavy atom. The Bertz CT molecular complexity index is 1150. The van der Waals surface area contributed by atoms with Crippen molar-refractivity contribution in [2.45, 2.75) is 13.5 Å². The summed E-state index contributed by atoms with van der Waals surface area (Å²) >= 11 is 0. The van der Waals surface area contributed by atoms with Gasteiger partial charge in [0.2, 0.25) is 0 Å². The van der Waals surface area contributed by atoms with Crippen molar-refractivity contribution in [3.05, 3.63) is 71.7 Å². The molecule has 8 heteroatoms. The number of benzene rings is 2. The van der Waals surface area contributed by atoms with E-state index >= 15 is 0 Å². The van der Waals surface area contributed by atoms with Crippen LogP contribution in [0.5, 0.6) is 0 Å². The van der Waals surface area contributed by atoms with Gasteiger partial charge in [0, 0.05) is 11.1 Å². The van der Waals surface area contributed by atoms with Crippen LogP contribution in [0.1, 0.15) is 21.9 Å². The van der Waals surface area contributed by atoms with E-state index in [4.69, 9.17) is 0 Å². The lowest BCUT2D eigenvalue weighted by molar-refractivity contribution is 0.102. The zero-order valence-corrected chi connectivity index (χ0v) is 16.4. The number of H-pyrrole nitrogens is 1. The number of nitrogens with zero attached hydrogens (tertiary/aromatic N) is 4.